The first-order valence-electron chi connectivity index (χ1n) is 11.7. The fourth-order valence-electron chi connectivity index (χ4n) is 3.62. The third-order valence-electron chi connectivity index (χ3n) is 5.29. The molecule has 0 aromatic heterocycles. The van der Waals surface area contributed by atoms with Crippen LogP contribution in [0, 0.1) is 0 Å². The summed E-state index contributed by atoms with van der Waals surface area (Å²) < 4.78 is 5.43. The summed E-state index contributed by atoms with van der Waals surface area (Å²) >= 11 is 0. The Morgan fingerprint density at radius 2 is 1.76 bits per heavy atom. The van der Waals surface area contributed by atoms with Crippen LogP contribution in [0.1, 0.15) is 62.8 Å². The molecule has 3 N–H and O–H groups in total. The van der Waals surface area contributed by atoms with E-state index in [4.69, 9.17) is 4.74 Å². The van der Waals surface area contributed by atoms with Crippen LogP contribution in [0.3, 0.4) is 0 Å². The summed E-state index contributed by atoms with van der Waals surface area (Å²) in [5, 5.41) is 17.2. The predicted molar refractivity (Wildman–Crippen MR) is 135 cm³/mol. The zero-order valence-corrected chi connectivity index (χ0v) is 20.7. The number of nitrogens with one attached hydrogen (secondary N) is 2. The first kappa shape index (κ1) is 26.6. The van der Waals surface area contributed by atoms with Gasteiger partial charge in [-0.25, -0.2) is 4.79 Å². The largest absolute Gasteiger partial charge is 0.444 e. The number of aliphatic hydroxyl groups excluding tert-OH is 1. The maximum atomic E-state index is 12.5. The molecule has 2 aromatic carbocycles. The lowest BCUT2D eigenvalue weighted by Crippen LogP contribution is -2.49. The highest BCUT2D eigenvalue weighted by molar-refractivity contribution is 5.68. The quantitative estimate of drug-likeness (QED) is 0.414. The molecule has 2 aromatic rings. The van der Waals surface area contributed by atoms with Crippen molar-refractivity contribution in [3.8, 4) is 0 Å². The monoisotopic (exact) mass is 452 g/mol. The second-order valence-corrected chi connectivity index (χ2v) is 9.87. The smallest absolute Gasteiger partial charge is 0.407 e. The minimum absolute atomic E-state index is 0.346. The predicted octanol–water partition coefficient (Wildman–Crippen LogP) is 5.13. The van der Waals surface area contributed by atoms with Gasteiger partial charge in [0, 0.05) is 13.1 Å². The van der Waals surface area contributed by atoms with Gasteiger partial charge < -0.3 is 20.5 Å². The van der Waals surface area contributed by atoms with Crippen LogP contribution in [-0.2, 0) is 24.1 Å². The van der Waals surface area contributed by atoms with Crippen LogP contribution in [-0.4, -0.2) is 35.5 Å². The Bertz CT molecular complexity index is 902. The molecule has 0 bridgehead atoms. The van der Waals surface area contributed by atoms with Gasteiger partial charge in [0.15, 0.2) is 0 Å². The van der Waals surface area contributed by atoms with Crippen molar-refractivity contribution in [2.45, 2.75) is 77.7 Å². The fourth-order valence-corrected chi connectivity index (χ4v) is 3.62. The van der Waals surface area contributed by atoms with E-state index in [1.165, 1.54) is 11.1 Å². The minimum Gasteiger partial charge on any atom is -0.444 e. The summed E-state index contributed by atoms with van der Waals surface area (Å²) in [5.41, 5.74) is 4.04. The van der Waals surface area contributed by atoms with Gasteiger partial charge in [-0.2, -0.15) is 0 Å². The Labute approximate surface area is 199 Å². The van der Waals surface area contributed by atoms with Crippen molar-refractivity contribution in [1.82, 2.24) is 10.6 Å². The second kappa shape index (κ2) is 12.6. The highest BCUT2D eigenvalue weighted by atomic mass is 16.6. The molecule has 0 fully saturated rings. The van der Waals surface area contributed by atoms with E-state index in [2.05, 4.69) is 61.4 Å². The van der Waals surface area contributed by atoms with Crippen LogP contribution in [0.4, 0.5) is 4.79 Å². The molecule has 0 aliphatic carbocycles. The van der Waals surface area contributed by atoms with Crippen molar-refractivity contribution in [1.29, 1.82) is 0 Å². The van der Waals surface area contributed by atoms with Gasteiger partial charge in [-0.05, 0) is 61.8 Å². The Kier molecular flexibility index (Phi) is 10.1. The lowest BCUT2D eigenvalue weighted by Gasteiger charge is -2.27. The average molecular weight is 453 g/mol. The van der Waals surface area contributed by atoms with Crippen LogP contribution in [0.5, 0.6) is 0 Å². The number of aliphatic hydroxyl groups is 1. The van der Waals surface area contributed by atoms with E-state index in [1.807, 2.05) is 45.0 Å². The van der Waals surface area contributed by atoms with Crippen molar-refractivity contribution < 1.29 is 14.6 Å². The SMILES string of the molecule is C=CCc1cccc(C[C@H](NC(=O)OC(C)(C)C)[C@H](O)CNCc2cccc(C(C)C)c2)c1. The van der Waals surface area contributed by atoms with Gasteiger partial charge in [-0.15, -0.1) is 6.58 Å². The number of amides is 1. The molecule has 2 atom stereocenters. The topological polar surface area (TPSA) is 70.6 Å². The van der Waals surface area contributed by atoms with E-state index < -0.39 is 23.8 Å². The second-order valence-electron chi connectivity index (χ2n) is 9.87. The Hall–Kier alpha value is -2.63. The summed E-state index contributed by atoms with van der Waals surface area (Å²) in [4.78, 5) is 12.5. The summed E-state index contributed by atoms with van der Waals surface area (Å²) in [7, 11) is 0. The van der Waals surface area contributed by atoms with Crippen molar-refractivity contribution in [3.63, 3.8) is 0 Å². The highest BCUT2D eigenvalue weighted by Gasteiger charge is 2.25. The highest BCUT2D eigenvalue weighted by Crippen LogP contribution is 2.16. The molecule has 0 heterocycles. The van der Waals surface area contributed by atoms with Crippen LogP contribution in [0.2, 0.25) is 0 Å². The molecule has 180 valence electrons. The molecule has 0 aliphatic heterocycles. The normalized spacial score (nSPS) is 13.4. The lowest BCUT2D eigenvalue weighted by molar-refractivity contribution is 0.0422. The number of allylic oxidation sites excluding steroid dienone is 1. The molecule has 33 heavy (non-hydrogen) atoms. The average Bonchev–Trinajstić information content (AvgIpc) is 2.72. The number of carbonyl (C=O) groups is 1. The van der Waals surface area contributed by atoms with Crippen molar-refractivity contribution >= 4 is 6.09 Å². The van der Waals surface area contributed by atoms with Crippen molar-refractivity contribution in [2.75, 3.05) is 6.54 Å². The maximum absolute atomic E-state index is 12.5. The van der Waals surface area contributed by atoms with Gasteiger partial charge in [-0.3, -0.25) is 0 Å². The van der Waals surface area contributed by atoms with E-state index in [9.17, 15) is 9.90 Å². The van der Waals surface area contributed by atoms with Gasteiger partial charge in [0.25, 0.3) is 0 Å². The summed E-state index contributed by atoms with van der Waals surface area (Å²) in [6.07, 6.45) is 1.82. The number of alkyl carbamates (subject to hydrolysis) is 1. The molecule has 0 saturated carbocycles. The zero-order chi connectivity index (χ0) is 24.4. The van der Waals surface area contributed by atoms with Crippen LogP contribution < -0.4 is 10.6 Å². The first-order chi connectivity index (χ1) is 15.6. The van der Waals surface area contributed by atoms with Gasteiger partial charge in [-0.1, -0.05) is 68.5 Å². The summed E-state index contributed by atoms with van der Waals surface area (Å²) in [5.74, 6) is 0.467. The molecule has 0 spiro atoms. The number of ether oxygens (including phenoxy) is 1. The Morgan fingerprint density at radius 3 is 2.42 bits per heavy atom. The minimum atomic E-state index is -0.783. The zero-order valence-electron chi connectivity index (χ0n) is 20.7. The van der Waals surface area contributed by atoms with E-state index in [0.717, 1.165) is 17.5 Å². The fraction of sp³-hybridized carbons (Fsp3) is 0.464. The van der Waals surface area contributed by atoms with Gasteiger partial charge in [0.1, 0.15) is 5.60 Å². The Balaban J connectivity index is 2.06. The number of rotatable bonds is 11. The van der Waals surface area contributed by atoms with E-state index in [1.54, 1.807) is 0 Å². The van der Waals surface area contributed by atoms with Gasteiger partial charge >= 0.3 is 6.09 Å². The molecular weight excluding hydrogens is 412 g/mol. The third kappa shape index (κ3) is 9.80. The maximum Gasteiger partial charge on any atom is 0.407 e. The first-order valence-corrected chi connectivity index (χ1v) is 11.7. The number of hydrogen-bond acceptors (Lipinski definition) is 4. The van der Waals surface area contributed by atoms with Gasteiger partial charge in [0.05, 0.1) is 12.1 Å². The standard InChI is InChI=1S/C28H40N2O3/c1-7-10-21-11-8-12-22(15-21)17-25(30-27(32)33-28(4,5)6)26(31)19-29-18-23-13-9-14-24(16-23)20(2)3/h7-9,11-16,20,25-26,29,31H,1,10,17-19H2,2-6H3,(H,30,32)/t25-,26+/m0/s1. The Morgan fingerprint density at radius 1 is 1.09 bits per heavy atom. The van der Waals surface area contributed by atoms with Crippen molar-refractivity contribution in [3.05, 3.63) is 83.4 Å². The van der Waals surface area contributed by atoms with Crippen molar-refractivity contribution in [2.24, 2.45) is 0 Å². The van der Waals surface area contributed by atoms with Crippen LogP contribution >= 0.6 is 0 Å². The molecule has 0 radical (unpaired) electrons. The van der Waals surface area contributed by atoms with E-state index >= 15 is 0 Å². The lowest BCUT2D eigenvalue weighted by atomic mass is 9.98. The molecule has 5 nitrogen and oxygen atoms in total. The molecular formula is C28H40N2O3. The summed E-state index contributed by atoms with van der Waals surface area (Å²) in [6, 6.07) is 16.1. The molecule has 1 amide bonds. The van der Waals surface area contributed by atoms with Gasteiger partial charge in [0.2, 0.25) is 0 Å². The van der Waals surface area contributed by atoms with E-state index in [-0.39, 0.29) is 0 Å². The molecule has 2 rings (SSSR count). The molecule has 0 saturated heterocycles. The number of hydrogen-bond donors (Lipinski definition) is 3. The third-order valence-corrected chi connectivity index (χ3v) is 5.29. The van der Waals surface area contributed by atoms with Crippen LogP contribution in [0.15, 0.2) is 61.2 Å². The number of benzene rings is 2. The number of carbonyl (C=O) groups excluding carboxylic acids is 1. The summed E-state index contributed by atoms with van der Waals surface area (Å²) in [6.45, 7) is 14.6. The molecule has 5 heteroatoms. The molecule has 0 aliphatic rings. The van der Waals surface area contributed by atoms with Crippen LogP contribution in [0.25, 0.3) is 0 Å². The molecule has 0 unspecified atom stereocenters. The van der Waals surface area contributed by atoms with E-state index in [0.29, 0.717) is 25.4 Å².